The summed E-state index contributed by atoms with van der Waals surface area (Å²) in [4.78, 5) is 0. The van der Waals surface area contributed by atoms with Crippen LogP contribution in [0, 0.1) is 5.82 Å². The van der Waals surface area contributed by atoms with E-state index in [0.29, 0.717) is 31.7 Å². The van der Waals surface area contributed by atoms with Gasteiger partial charge in [0, 0.05) is 0 Å². The number of aliphatic hydroxyl groups is 1. The molecule has 0 amide bonds. The van der Waals surface area contributed by atoms with Gasteiger partial charge in [-0.25, -0.2) is 4.39 Å². The lowest BCUT2D eigenvalue weighted by molar-refractivity contribution is 0.122. The van der Waals surface area contributed by atoms with Crippen molar-refractivity contribution in [3.05, 3.63) is 35.6 Å². The Morgan fingerprint density at radius 3 is 2.88 bits per heavy atom. The zero-order valence-electron chi connectivity index (χ0n) is 9.03. The van der Waals surface area contributed by atoms with E-state index in [4.69, 9.17) is 4.74 Å². The van der Waals surface area contributed by atoms with E-state index in [1.165, 1.54) is 6.07 Å². The van der Waals surface area contributed by atoms with Crippen LogP contribution >= 0.6 is 0 Å². The van der Waals surface area contributed by atoms with Crippen LogP contribution in [0.25, 0.3) is 0 Å². The highest BCUT2D eigenvalue weighted by Gasteiger charge is 2.25. The lowest BCUT2D eigenvalue weighted by Gasteiger charge is -2.14. The lowest BCUT2D eigenvalue weighted by atomic mass is 10.1. The van der Waals surface area contributed by atoms with Crippen LogP contribution in [0.5, 0.6) is 0 Å². The molecular formula is C12H16FNO2. The van der Waals surface area contributed by atoms with Gasteiger partial charge in [0.1, 0.15) is 5.82 Å². The number of hydrogen-bond donors (Lipinski definition) is 2. The summed E-state index contributed by atoms with van der Waals surface area (Å²) in [6.07, 6.45) is 0.177. The molecule has 16 heavy (non-hydrogen) atoms. The summed E-state index contributed by atoms with van der Waals surface area (Å²) in [5.74, 6) is -0.174. The summed E-state index contributed by atoms with van der Waals surface area (Å²) in [5.41, 5.74) is 0.698. The van der Waals surface area contributed by atoms with Gasteiger partial charge in [-0.15, -0.1) is 0 Å². The van der Waals surface area contributed by atoms with Crippen LogP contribution in [-0.4, -0.2) is 37.0 Å². The van der Waals surface area contributed by atoms with E-state index in [1.54, 1.807) is 12.1 Å². The first-order valence-corrected chi connectivity index (χ1v) is 5.50. The molecule has 0 bridgehead atoms. The van der Waals surface area contributed by atoms with E-state index in [9.17, 15) is 9.50 Å². The molecule has 1 aromatic carbocycles. The van der Waals surface area contributed by atoms with Gasteiger partial charge >= 0.3 is 0 Å². The fourth-order valence-electron chi connectivity index (χ4n) is 1.83. The van der Waals surface area contributed by atoms with Crippen molar-refractivity contribution in [1.29, 1.82) is 0 Å². The molecule has 1 aliphatic heterocycles. The Balaban J connectivity index is 1.78. The number of halogens is 1. The number of hydrogen-bond acceptors (Lipinski definition) is 3. The molecule has 3 nitrogen and oxygen atoms in total. The Morgan fingerprint density at radius 1 is 1.38 bits per heavy atom. The highest BCUT2D eigenvalue weighted by atomic mass is 19.1. The van der Waals surface area contributed by atoms with E-state index in [1.807, 2.05) is 6.07 Å². The fourth-order valence-corrected chi connectivity index (χ4v) is 1.83. The third-order valence-corrected chi connectivity index (χ3v) is 2.81. The average molecular weight is 225 g/mol. The topological polar surface area (TPSA) is 41.5 Å². The average Bonchev–Trinajstić information content (AvgIpc) is 2.67. The van der Waals surface area contributed by atoms with Gasteiger partial charge in [-0.3, -0.25) is 0 Å². The predicted octanol–water partition coefficient (Wildman–Crippen LogP) is 0.717. The zero-order chi connectivity index (χ0) is 11.4. The number of nitrogens with one attached hydrogen (secondary N) is 1. The maximum absolute atomic E-state index is 13.3. The van der Waals surface area contributed by atoms with Crippen molar-refractivity contribution in [3.8, 4) is 0 Å². The molecule has 4 heteroatoms. The van der Waals surface area contributed by atoms with Gasteiger partial charge in [-0.05, 0) is 24.6 Å². The normalized spacial score (nSPS) is 24.9. The maximum Gasteiger partial charge on any atom is 0.126 e. The van der Waals surface area contributed by atoms with Gasteiger partial charge < -0.3 is 15.2 Å². The van der Waals surface area contributed by atoms with Crippen LogP contribution in [0.2, 0.25) is 0 Å². The minimum absolute atomic E-state index is 0.0215. The molecule has 0 aromatic heterocycles. The summed E-state index contributed by atoms with van der Waals surface area (Å²) in [5, 5.41) is 12.6. The molecule has 2 unspecified atom stereocenters. The number of rotatable bonds is 4. The SMILES string of the molecule is OC1COCC1NCCc1ccccc1F. The van der Waals surface area contributed by atoms with Crippen molar-refractivity contribution >= 4 is 0 Å². The smallest absolute Gasteiger partial charge is 0.126 e. The molecule has 1 saturated heterocycles. The summed E-state index contributed by atoms with van der Waals surface area (Å²) in [7, 11) is 0. The summed E-state index contributed by atoms with van der Waals surface area (Å²) < 4.78 is 18.4. The van der Waals surface area contributed by atoms with Crippen LogP contribution < -0.4 is 5.32 Å². The Morgan fingerprint density at radius 2 is 2.19 bits per heavy atom. The predicted molar refractivity (Wildman–Crippen MR) is 58.7 cm³/mol. The van der Waals surface area contributed by atoms with Crippen molar-refractivity contribution in [3.63, 3.8) is 0 Å². The Labute approximate surface area is 94.2 Å². The van der Waals surface area contributed by atoms with Crippen LogP contribution in [0.15, 0.2) is 24.3 Å². The fraction of sp³-hybridized carbons (Fsp3) is 0.500. The monoisotopic (exact) mass is 225 g/mol. The first-order chi connectivity index (χ1) is 7.77. The molecule has 1 aromatic rings. The van der Waals surface area contributed by atoms with E-state index in [0.717, 1.165) is 0 Å². The van der Waals surface area contributed by atoms with Gasteiger partial charge in [0.15, 0.2) is 0 Å². The minimum Gasteiger partial charge on any atom is -0.389 e. The molecule has 0 radical (unpaired) electrons. The quantitative estimate of drug-likeness (QED) is 0.793. The molecule has 0 saturated carbocycles. The molecule has 2 rings (SSSR count). The second-order valence-corrected chi connectivity index (χ2v) is 4.01. The number of benzene rings is 1. The summed E-state index contributed by atoms with van der Waals surface area (Å²) >= 11 is 0. The Kier molecular flexibility index (Phi) is 3.88. The Bertz CT molecular complexity index is 346. The Hall–Kier alpha value is -0.970. The standard InChI is InChI=1S/C12H16FNO2/c13-10-4-2-1-3-9(10)5-6-14-11-7-16-8-12(11)15/h1-4,11-12,14-15H,5-8H2. The second-order valence-electron chi connectivity index (χ2n) is 4.01. The van der Waals surface area contributed by atoms with Gasteiger partial charge in [-0.1, -0.05) is 18.2 Å². The van der Waals surface area contributed by atoms with E-state index < -0.39 is 6.10 Å². The van der Waals surface area contributed by atoms with Crippen LogP contribution in [0.3, 0.4) is 0 Å². The molecule has 2 N–H and O–H groups in total. The van der Waals surface area contributed by atoms with Crippen molar-refractivity contribution < 1.29 is 14.2 Å². The number of ether oxygens (including phenoxy) is 1. The van der Waals surface area contributed by atoms with Crippen molar-refractivity contribution in [1.82, 2.24) is 5.32 Å². The van der Waals surface area contributed by atoms with Gasteiger partial charge in [0.05, 0.1) is 25.4 Å². The largest absolute Gasteiger partial charge is 0.389 e. The van der Waals surface area contributed by atoms with Crippen LogP contribution in [-0.2, 0) is 11.2 Å². The minimum atomic E-state index is -0.444. The maximum atomic E-state index is 13.3. The molecule has 0 aliphatic carbocycles. The second kappa shape index (κ2) is 5.39. The summed E-state index contributed by atoms with van der Waals surface area (Å²) in [6.45, 7) is 1.56. The first kappa shape index (κ1) is 11.5. The molecular weight excluding hydrogens is 209 g/mol. The third kappa shape index (κ3) is 2.78. The zero-order valence-corrected chi connectivity index (χ0v) is 9.03. The van der Waals surface area contributed by atoms with Crippen molar-refractivity contribution in [2.75, 3.05) is 19.8 Å². The van der Waals surface area contributed by atoms with Crippen LogP contribution in [0.1, 0.15) is 5.56 Å². The lowest BCUT2D eigenvalue weighted by Crippen LogP contribution is -2.39. The van der Waals surface area contributed by atoms with E-state index in [2.05, 4.69) is 5.32 Å². The summed E-state index contributed by atoms with van der Waals surface area (Å²) in [6, 6.07) is 6.72. The van der Waals surface area contributed by atoms with E-state index in [-0.39, 0.29) is 11.9 Å². The molecule has 1 heterocycles. The molecule has 2 atom stereocenters. The van der Waals surface area contributed by atoms with Crippen molar-refractivity contribution in [2.45, 2.75) is 18.6 Å². The molecule has 0 spiro atoms. The molecule has 1 fully saturated rings. The van der Waals surface area contributed by atoms with Gasteiger partial charge in [-0.2, -0.15) is 0 Å². The van der Waals surface area contributed by atoms with Gasteiger partial charge in [0.25, 0.3) is 0 Å². The highest BCUT2D eigenvalue weighted by Crippen LogP contribution is 2.08. The van der Waals surface area contributed by atoms with E-state index >= 15 is 0 Å². The molecule has 1 aliphatic rings. The van der Waals surface area contributed by atoms with Crippen LogP contribution in [0.4, 0.5) is 4.39 Å². The first-order valence-electron chi connectivity index (χ1n) is 5.50. The molecule has 88 valence electrons. The highest BCUT2D eigenvalue weighted by molar-refractivity contribution is 5.17. The van der Waals surface area contributed by atoms with Gasteiger partial charge in [0.2, 0.25) is 0 Å². The number of aliphatic hydroxyl groups excluding tert-OH is 1. The third-order valence-electron chi connectivity index (χ3n) is 2.81. The van der Waals surface area contributed by atoms with Crippen molar-refractivity contribution in [2.24, 2.45) is 0 Å².